The molecule has 0 unspecified atom stereocenters. The van der Waals surface area contributed by atoms with Gasteiger partial charge in [0.05, 0.1) is 7.11 Å². The fraction of sp³-hybridized carbons (Fsp3) is 0.154. The van der Waals surface area contributed by atoms with Gasteiger partial charge in [0.25, 0.3) is 0 Å². The number of ether oxygens (including phenoxy) is 1. The molecule has 1 aromatic heterocycles. The highest BCUT2D eigenvalue weighted by Gasteiger charge is 2.03. The fourth-order valence-corrected chi connectivity index (χ4v) is 1.86. The first kappa shape index (κ1) is 10.9. The molecule has 1 N–H and O–H groups in total. The van der Waals surface area contributed by atoms with E-state index in [0.29, 0.717) is 0 Å². The van der Waals surface area contributed by atoms with Crippen LogP contribution in [0.1, 0.15) is 5.56 Å². The number of pyridine rings is 1. The summed E-state index contributed by atoms with van der Waals surface area (Å²) in [5.41, 5.74) is 3.34. The Morgan fingerprint density at radius 1 is 1.19 bits per heavy atom. The second-order valence-corrected chi connectivity index (χ2v) is 4.05. The maximum Gasteiger partial charge on any atom is 0.119 e. The number of aromatic nitrogens is 1. The highest BCUT2D eigenvalue weighted by atomic mass is 32.1. The third kappa shape index (κ3) is 2.14. The predicted octanol–water partition coefficient (Wildman–Crippen LogP) is 3.73. The number of hydrogen-bond donors (Lipinski definition) is 1. The summed E-state index contributed by atoms with van der Waals surface area (Å²) in [6.45, 7) is 2.06. The molecule has 0 atom stereocenters. The van der Waals surface area contributed by atoms with Gasteiger partial charge in [-0.1, -0.05) is 18.3 Å². The van der Waals surface area contributed by atoms with Crippen molar-refractivity contribution in [2.24, 2.45) is 0 Å². The summed E-state index contributed by atoms with van der Waals surface area (Å²) < 4.78 is 5.92. The average molecular weight is 231 g/mol. The molecule has 1 heterocycles. The highest BCUT2D eigenvalue weighted by molar-refractivity contribution is 7.71. The van der Waals surface area contributed by atoms with Crippen molar-refractivity contribution in [1.29, 1.82) is 0 Å². The van der Waals surface area contributed by atoms with Crippen LogP contribution in [0.15, 0.2) is 36.4 Å². The normalized spacial score (nSPS) is 10.1. The number of rotatable bonds is 2. The largest absolute Gasteiger partial charge is 0.497 e. The molecule has 0 fully saturated rings. The monoisotopic (exact) mass is 231 g/mol. The zero-order valence-electron chi connectivity index (χ0n) is 9.28. The van der Waals surface area contributed by atoms with Crippen LogP contribution in [0.5, 0.6) is 5.75 Å². The van der Waals surface area contributed by atoms with Crippen molar-refractivity contribution in [1.82, 2.24) is 4.98 Å². The van der Waals surface area contributed by atoms with Gasteiger partial charge in [-0.05, 0) is 42.8 Å². The van der Waals surface area contributed by atoms with Gasteiger partial charge in [0.15, 0.2) is 0 Å². The van der Waals surface area contributed by atoms with Gasteiger partial charge in [-0.2, -0.15) is 0 Å². The zero-order chi connectivity index (χ0) is 11.5. The van der Waals surface area contributed by atoms with Crippen LogP contribution in [-0.4, -0.2) is 12.1 Å². The minimum absolute atomic E-state index is 0.743. The van der Waals surface area contributed by atoms with Crippen molar-refractivity contribution < 1.29 is 4.74 Å². The van der Waals surface area contributed by atoms with Crippen molar-refractivity contribution in [3.05, 3.63) is 46.6 Å². The number of H-pyrrole nitrogens is 1. The first-order valence-corrected chi connectivity index (χ1v) is 5.46. The van der Waals surface area contributed by atoms with Gasteiger partial charge in [-0.3, -0.25) is 0 Å². The molecule has 2 aromatic rings. The van der Waals surface area contributed by atoms with E-state index in [4.69, 9.17) is 17.0 Å². The molecule has 0 radical (unpaired) electrons. The van der Waals surface area contributed by atoms with Gasteiger partial charge in [0, 0.05) is 11.3 Å². The Morgan fingerprint density at radius 2 is 2.00 bits per heavy atom. The van der Waals surface area contributed by atoms with Crippen LogP contribution in [-0.2, 0) is 0 Å². The Hall–Kier alpha value is -1.61. The van der Waals surface area contributed by atoms with Crippen molar-refractivity contribution in [3.8, 4) is 17.0 Å². The third-order valence-corrected chi connectivity index (χ3v) is 2.73. The minimum Gasteiger partial charge on any atom is -0.497 e. The second kappa shape index (κ2) is 4.49. The molecular formula is C13H13NOS. The summed E-state index contributed by atoms with van der Waals surface area (Å²) >= 11 is 5.11. The average Bonchev–Trinajstić information content (AvgIpc) is 2.28. The van der Waals surface area contributed by atoms with Gasteiger partial charge < -0.3 is 9.72 Å². The molecular weight excluding hydrogens is 218 g/mol. The van der Waals surface area contributed by atoms with Crippen molar-refractivity contribution in [2.75, 3.05) is 7.11 Å². The fourth-order valence-electron chi connectivity index (χ4n) is 1.67. The number of benzene rings is 1. The van der Waals surface area contributed by atoms with Gasteiger partial charge in [-0.25, -0.2) is 0 Å². The van der Waals surface area contributed by atoms with Crippen LogP contribution >= 0.6 is 12.2 Å². The first-order chi connectivity index (χ1) is 7.70. The van der Waals surface area contributed by atoms with Crippen molar-refractivity contribution >= 4 is 12.2 Å². The van der Waals surface area contributed by atoms with Crippen LogP contribution in [0.2, 0.25) is 0 Å². The SMILES string of the molecule is COc1ccc(-c2cccc(=S)[nH]2)c(C)c1. The van der Waals surface area contributed by atoms with Crippen molar-refractivity contribution in [2.45, 2.75) is 6.92 Å². The zero-order valence-corrected chi connectivity index (χ0v) is 10.1. The van der Waals surface area contributed by atoms with Crippen LogP contribution in [0.4, 0.5) is 0 Å². The summed E-state index contributed by atoms with van der Waals surface area (Å²) in [7, 11) is 1.67. The lowest BCUT2D eigenvalue weighted by Gasteiger charge is -2.08. The van der Waals surface area contributed by atoms with E-state index in [9.17, 15) is 0 Å². The first-order valence-electron chi connectivity index (χ1n) is 5.05. The molecule has 0 bridgehead atoms. The molecule has 16 heavy (non-hydrogen) atoms. The van der Waals surface area contributed by atoms with Crippen LogP contribution in [0, 0.1) is 11.6 Å². The topological polar surface area (TPSA) is 25.0 Å². The molecule has 0 spiro atoms. The number of nitrogens with one attached hydrogen (secondary N) is 1. The lowest BCUT2D eigenvalue weighted by atomic mass is 10.1. The highest BCUT2D eigenvalue weighted by Crippen LogP contribution is 2.25. The number of aromatic amines is 1. The van der Waals surface area contributed by atoms with Gasteiger partial charge >= 0.3 is 0 Å². The van der Waals surface area contributed by atoms with Crippen LogP contribution < -0.4 is 4.74 Å². The Kier molecular flexibility index (Phi) is 3.06. The smallest absolute Gasteiger partial charge is 0.119 e. The maximum absolute atomic E-state index is 5.18. The van der Waals surface area contributed by atoms with Gasteiger partial charge in [-0.15, -0.1) is 0 Å². The van der Waals surface area contributed by atoms with Crippen LogP contribution in [0.25, 0.3) is 11.3 Å². The van der Waals surface area contributed by atoms with Gasteiger partial charge in [0.2, 0.25) is 0 Å². The third-order valence-electron chi connectivity index (χ3n) is 2.49. The molecule has 0 amide bonds. The van der Waals surface area contributed by atoms with E-state index in [0.717, 1.165) is 27.2 Å². The standard InChI is InChI=1S/C13H13NOS/c1-9-8-10(15-2)6-7-11(9)12-4-3-5-13(16)14-12/h3-8H,1-2H3,(H,14,16). The van der Waals surface area contributed by atoms with E-state index < -0.39 is 0 Å². The second-order valence-electron chi connectivity index (χ2n) is 3.61. The summed E-state index contributed by atoms with van der Waals surface area (Å²) in [4.78, 5) is 3.18. The molecule has 0 aliphatic heterocycles. The van der Waals surface area contributed by atoms with Gasteiger partial charge in [0.1, 0.15) is 10.4 Å². The Morgan fingerprint density at radius 3 is 2.62 bits per heavy atom. The molecule has 3 heteroatoms. The van der Waals surface area contributed by atoms with E-state index in [1.54, 1.807) is 7.11 Å². The maximum atomic E-state index is 5.18. The molecule has 2 rings (SSSR count). The lowest BCUT2D eigenvalue weighted by molar-refractivity contribution is 0.414. The van der Waals surface area contributed by atoms with E-state index >= 15 is 0 Å². The molecule has 0 saturated heterocycles. The van der Waals surface area contributed by atoms with Crippen molar-refractivity contribution in [3.63, 3.8) is 0 Å². The summed E-state index contributed by atoms with van der Waals surface area (Å²) in [6.07, 6.45) is 0. The van der Waals surface area contributed by atoms with E-state index in [-0.39, 0.29) is 0 Å². The quantitative estimate of drug-likeness (QED) is 0.797. The molecule has 2 nitrogen and oxygen atoms in total. The summed E-state index contributed by atoms with van der Waals surface area (Å²) in [5, 5.41) is 0. The van der Waals surface area contributed by atoms with Crippen LogP contribution in [0.3, 0.4) is 0 Å². The van der Waals surface area contributed by atoms with E-state index in [1.807, 2.05) is 36.4 Å². The molecule has 82 valence electrons. The minimum atomic E-state index is 0.743. The number of methoxy groups -OCH3 is 1. The Labute approximate surface area is 99.9 Å². The number of hydrogen-bond acceptors (Lipinski definition) is 2. The predicted molar refractivity (Wildman–Crippen MR) is 68.4 cm³/mol. The number of aryl methyl sites for hydroxylation is 1. The van der Waals surface area contributed by atoms with E-state index in [2.05, 4.69) is 11.9 Å². The summed E-state index contributed by atoms with van der Waals surface area (Å²) in [6, 6.07) is 11.8. The Bertz CT molecular complexity index is 560. The molecule has 1 aromatic carbocycles. The Balaban J connectivity index is 2.52. The molecule has 0 saturated carbocycles. The summed E-state index contributed by atoms with van der Waals surface area (Å²) in [5.74, 6) is 0.871. The molecule has 0 aliphatic carbocycles. The molecule has 0 aliphatic rings. The lowest BCUT2D eigenvalue weighted by Crippen LogP contribution is -1.89. The van der Waals surface area contributed by atoms with E-state index in [1.165, 1.54) is 0 Å².